The van der Waals surface area contributed by atoms with E-state index in [1.54, 1.807) is 0 Å². The predicted molar refractivity (Wildman–Crippen MR) is 60.3 cm³/mol. The maximum atomic E-state index is 12.8. The Morgan fingerprint density at radius 3 is 2.59 bits per heavy atom. The second kappa shape index (κ2) is 4.72. The Bertz CT molecular complexity index is 486. The molecule has 0 amide bonds. The zero-order valence-electron chi connectivity index (χ0n) is 9.47. The van der Waals surface area contributed by atoms with E-state index in [0.29, 0.717) is 13.0 Å². The standard InChI is InChI=1S/C11H14FNO3S/c1-16-11-3-2-8-13(11)17(14,15)10-6-4-9(12)5-7-10/h4-7,11H,2-3,8H2,1H3/t11-/m1/s1. The second-order valence-electron chi connectivity index (χ2n) is 3.90. The fourth-order valence-electron chi connectivity index (χ4n) is 1.96. The highest BCUT2D eigenvalue weighted by atomic mass is 32.2. The topological polar surface area (TPSA) is 46.6 Å². The first-order chi connectivity index (χ1) is 8.05. The molecule has 1 fully saturated rings. The molecule has 94 valence electrons. The van der Waals surface area contributed by atoms with Crippen LogP contribution in [0.3, 0.4) is 0 Å². The van der Waals surface area contributed by atoms with Crippen molar-refractivity contribution in [2.45, 2.75) is 24.0 Å². The first-order valence-electron chi connectivity index (χ1n) is 5.36. The van der Waals surface area contributed by atoms with Crippen molar-refractivity contribution in [1.82, 2.24) is 4.31 Å². The number of hydrogen-bond acceptors (Lipinski definition) is 3. The molecule has 0 aromatic heterocycles. The van der Waals surface area contributed by atoms with Gasteiger partial charge in [0.2, 0.25) is 10.0 Å². The zero-order valence-corrected chi connectivity index (χ0v) is 10.3. The van der Waals surface area contributed by atoms with E-state index in [2.05, 4.69) is 0 Å². The fourth-order valence-corrected chi connectivity index (χ4v) is 3.58. The molecule has 6 heteroatoms. The number of halogens is 1. The molecule has 0 unspecified atom stereocenters. The molecule has 1 atom stereocenters. The second-order valence-corrected chi connectivity index (χ2v) is 5.79. The van der Waals surface area contributed by atoms with E-state index < -0.39 is 22.1 Å². The van der Waals surface area contributed by atoms with Crippen LogP contribution in [0.15, 0.2) is 29.2 Å². The smallest absolute Gasteiger partial charge is 0.245 e. The molecule has 1 aliphatic rings. The summed E-state index contributed by atoms with van der Waals surface area (Å²) < 4.78 is 43.7. The van der Waals surface area contributed by atoms with E-state index in [-0.39, 0.29) is 4.90 Å². The predicted octanol–water partition coefficient (Wildman–Crippen LogP) is 1.58. The third-order valence-corrected chi connectivity index (χ3v) is 4.75. The van der Waals surface area contributed by atoms with Crippen LogP contribution in [0, 0.1) is 5.82 Å². The monoisotopic (exact) mass is 259 g/mol. The van der Waals surface area contributed by atoms with Crippen LogP contribution >= 0.6 is 0 Å². The molecule has 0 spiro atoms. The molecule has 0 N–H and O–H groups in total. The van der Waals surface area contributed by atoms with Gasteiger partial charge < -0.3 is 4.74 Å². The Balaban J connectivity index is 2.33. The van der Waals surface area contributed by atoms with Gasteiger partial charge >= 0.3 is 0 Å². The Kier molecular flexibility index (Phi) is 3.46. The minimum absolute atomic E-state index is 0.0999. The van der Waals surface area contributed by atoms with Crippen LogP contribution in [0.1, 0.15) is 12.8 Å². The summed E-state index contributed by atoms with van der Waals surface area (Å²) in [6.07, 6.45) is 1.06. The maximum absolute atomic E-state index is 12.8. The minimum atomic E-state index is -3.58. The fraction of sp³-hybridized carbons (Fsp3) is 0.455. The molecule has 1 saturated heterocycles. The van der Waals surface area contributed by atoms with Gasteiger partial charge in [0.25, 0.3) is 0 Å². The lowest BCUT2D eigenvalue weighted by atomic mass is 10.4. The van der Waals surface area contributed by atoms with Crippen LogP contribution in [0.5, 0.6) is 0 Å². The first kappa shape index (κ1) is 12.5. The van der Waals surface area contributed by atoms with Gasteiger partial charge in [0.15, 0.2) is 0 Å². The Hall–Kier alpha value is -0.980. The van der Waals surface area contributed by atoms with Crippen molar-refractivity contribution in [3.8, 4) is 0 Å². The van der Waals surface area contributed by atoms with Crippen molar-refractivity contribution in [2.75, 3.05) is 13.7 Å². The summed E-state index contributed by atoms with van der Waals surface area (Å²) in [5, 5.41) is 0. The summed E-state index contributed by atoms with van der Waals surface area (Å²) >= 11 is 0. The molecule has 2 rings (SSSR count). The molecule has 0 saturated carbocycles. The molecule has 0 aliphatic carbocycles. The summed E-state index contributed by atoms with van der Waals surface area (Å²) in [5.74, 6) is -0.450. The van der Waals surface area contributed by atoms with Gasteiger partial charge in [-0.25, -0.2) is 12.8 Å². The molecule has 1 aliphatic heterocycles. The summed E-state index contributed by atoms with van der Waals surface area (Å²) in [5.41, 5.74) is 0. The summed E-state index contributed by atoms with van der Waals surface area (Å²) in [4.78, 5) is 0.0999. The summed E-state index contributed by atoms with van der Waals surface area (Å²) in [6.45, 7) is 0.443. The van der Waals surface area contributed by atoms with Crippen molar-refractivity contribution in [1.29, 1.82) is 0 Å². The van der Waals surface area contributed by atoms with Gasteiger partial charge in [0, 0.05) is 13.7 Å². The highest BCUT2D eigenvalue weighted by Gasteiger charge is 2.35. The normalized spacial score (nSPS) is 21.9. The van der Waals surface area contributed by atoms with Gasteiger partial charge in [-0.15, -0.1) is 0 Å². The third kappa shape index (κ3) is 2.34. The molecule has 1 aromatic rings. The molecular weight excluding hydrogens is 245 g/mol. The summed E-state index contributed by atoms with van der Waals surface area (Å²) in [6, 6.07) is 4.83. The van der Waals surface area contributed by atoms with Crippen LogP contribution in [-0.2, 0) is 14.8 Å². The van der Waals surface area contributed by atoms with Crippen molar-refractivity contribution >= 4 is 10.0 Å². The van der Waals surface area contributed by atoms with Crippen molar-refractivity contribution in [2.24, 2.45) is 0 Å². The number of sulfonamides is 1. The lowest BCUT2D eigenvalue weighted by molar-refractivity contribution is 0.0406. The number of benzene rings is 1. The lowest BCUT2D eigenvalue weighted by Gasteiger charge is -2.22. The van der Waals surface area contributed by atoms with E-state index in [4.69, 9.17) is 4.74 Å². The highest BCUT2D eigenvalue weighted by molar-refractivity contribution is 7.89. The van der Waals surface area contributed by atoms with E-state index in [9.17, 15) is 12.8 Å². The van der Waals surface area contributed by atoms with Gasteiger partial charge in [0.1, 0.15) is 12.0 Å². The molecule has 4 nitrogen and oxygen atoms in total. The third-order valence-electron chi connectivity index (χ3n) is 2.84. The quantitative estimate of drug-likeness (QED) is 0.828. The van der Waals surface area contributed by atoms with Crippen molar-refractivity contribution in [3.05, 3.63) is 30.1 Å². The minimum Gasteiger partial charge on any atom is -0.365 e. The van der Waals surface area contributed by atoms with Gasteiger partial charge in [0.05, 0.1) is 4.90 Å². The van der Waals surface area contributed by atoms with Crippen molar-refractivity contribution in [3.63, 3.8) is 0 Å². The molecule has 0 bridgehead atoms. The van der Waals surface area contributed by atoms with Gasteiger partial charge in [-0.05, 0) is 37.1 Å². The Morgan fingerprint density at radius 1 is 1.35 bits per heavy atom. The summed E-state index contributed by atoms with van der Waals surface area (Å²) in [7, 11) is -2.09. The highest BCUT2D eigenvalue weighted by Crippen LogP contribution is 2.26. The molecule has 1 aromatic carbocycles. The van der Waals surface area contributed by atoms with Crippen LogP contribution in [0.2, 0.25) is 0 Å². The average Bonchev–Trinajstić information content (AvgIpc) is 2.78. The first-order valence-corrected chi connectivity index (χ1v) is 6.80. The number of hydrogen-bond donors (Lipinski definition) is 0. The van der Waals surface area contributed by atoms with Gasteiger partial charge in [-0.2, -0.15) is 4.31 Å². The number of ether oxygens (including phenoxy) is 1. The maximum Gasteiger partial charge on any atom is 0.245 e. The van der Waals surface area contributed by atoms with E-state index in [0.717, 1.165) is 18.6 Å². The molecule has 0 radical (unpaired) electrons. The van der Waals surface area contributed by atoms with E-state index >= 15 is 0 Å². The van der Waals surface area contributed by atoms with E-state index in [1.165, 1.54) is 23.5 Å². The van der Waals surface area contributed by atoms with Crippen LogP contribution in [0.4, 0.5) is 4.39 Å². The number of methoxy groups -OCH3 is 1. The van der Waals surface area contributed by atoms with Crippen LogP contribution in [0.25, 0.3) is 0 Å². The SMILES string of the molecule is CO[C@@H]1CCCN1S(=O)(=O)c1ccc(F)cc1. The van der Waals surface area contributed by atoms with Gasteiger partial charge in [-0.1, -0.05) is 0 Å². The Labute approximate surface area is 100 Å². The lowest BCUT2D eigenvalue weighted by Crippen LogP contribution is -2.36. The molecule has 17 heavy (non-hydrogen) atoms. The van der Waals surface area contributed by atoms with Crippen LogP contribution < -0.4 is 0 Å². The zero-order chi connectivity index (χ0) is 12.5. The average molecular weight is 259 g/mol. The van der Waals surface area contributed by atoms with E-state index in [1.807, 2.05) is 0 Å². The van der Waals surface area contributed by atoms with Crippen molar-refractivity contribution < 1.29 is 17.5 Å². The largest absolute Gasteiger partial charge is 0.365 e. The molecular formula is C11H14FNO3S. The Morgan fingerprint density at radius 2 is 2.00 bits per heavy atom. The number of nitrogens with zero attached hydrogens (tertiary/aromatic N) is 1. The van der Waals surface area contributed by atoms with Crippen LogP contribution in [-0.4, -0.2) is 32.6 Å². The van der Waals surface area contributed by atoms with Gasteiger partial charge in [-0.3, -0.25) is 0 Å². The number of rotatable bonds is 3. The molecule has 1 heterocycles.